The molecule has 2 aromatic rings. The molecule has 8 heteroatoms. The van der Waals surface area contributed by atoms with Crippen LogP contribution in [-0.4, -0.2) is 36.0 Å². The number of hydrogen-bond donors (Lipinski definition) is 0. The van der Waals surface area contributed by atoms with Gasteiger partial charge in [0.1, 0.15) is 6.10 Å². The number of carbonyl (C=O) groups is 2. The SMILES string of the molecule is COC1CCC2C(=O)C3=C(OC2C1)C(=O)N(c1nccs1)C3c1ccc(Cl)cc1. The maximum Gasteiger partial charge on any atom is 0.296 e. The predicted molar refractivity (Wildman–Crippen MR) is 109 cm³/mol. The fourth-order valence-electron chi connectivity index (χ4n) is 4.54. The van der Waals surface area contributed by atoms with Crippen LogP contribution in [0, 0.1) is 5.92 Å². The molecule has 0 radical (unpaired) electrons. The van der Waals surface area contributed by atoms with Gasteiger partial charge in [0, 0.05) is 30.1 Å². The molecule has 29 heavy (non-hydrogen) atoms. The van der Waals surface area contributed by atoms with Crippen LogP contribution in [0.25, 0.3) is 0 Å². The van der Waals surface area contributed by atoms with E-state index < -0.39 is 6.04 Å². The van der Waals surface area contributed by atoms with Crippen molar-refractivity contribution in [3.8, 4) is 0 Å². The van der Waals surface area contributed by atoms with Crippen molar-refractivity contribution in [3.63, 3.8) is 0 Å². The first-order chi connectivity index (χ1) is 14.1. The number of thiazole rings is 1. The van der Waals surface area contributed by atoms with E-state index in [2.05, 4.69) is 4.98 Å². The van der Waals surface area contributed by atoms with Crippen LogP contribution in [0.4, 0.5) is 5.13 Å². The van der Waals surface area contributed by atoms with Gasteiger partial charge in [-0.2, -0.15) is 0 Å². The lowest BCUT2D eigenvalue weighted by Crippen LogP contribution is -2.43. The van der Waals surface area contributed by atoms with Gasteiger partial charge < -0.3 is 9.47 Å². The third-order valence-electron chi connectivity index (χ3n) is 5.95. The Balaban J connectivity index is 1.60. The number of anilines is 1. The molecule has 6 nitrogen and oxygen atoms in total. The number of Topliss-reactive ketones (excluding diaryl/α,β-unsaturated/α-hetero) is 1. The number of ketones is 1. The van der Waals surface area contributed by atoms with Crippen LogP contribution in [0.2, 0.25) is 5.02 Å². The molecule has 1 aromatic heterocycles. The molecular weight excluding hydrogens is 412 g/mol. The van der Waals surface area contributed by atoms with Crippen molar-refractivity contribution in [3.05, 3.63) is 57.8 Å². The molecule has 0 saturated heterocycles. The normalized spacial score (nSPS) is 29.0. The summed E-state index contributed by atoms with van der Waals surface area (Å²) in [7, 11) is 1.67. The molecule has 4 unspecified atom stereocenters. The number of nitrogens with zero attached hydrogens (tertiary/aromatic N) is 2. The predicted octanol–water partition coefficient (Wildman–Crippen LogP) is 3.92. The second kappa shape index (κ2) is 7.23. The number of amides is 1. The molecule has 2 aliphatic heterocycles. The van der Waals surface area contributed by atoms with Crippen molar-refractivity contribution in [2.24, 2.45) is 5.92 Å². The first kappa shape index (κ1) is 18.8. The highest BCUT2D eigenvalue weighted by Gasteiger charge is 2.53. The summed E-state index contributed by atoms with van der Waals surface area (Å²) in [5.74, 6) is -0.415. The molecule has 3 heterocycles. The summed E-state index contributed by atoms with van der Waals surface area (Å²) in [5, 5.41) is 2.94. The van der Waals surface area contributed by atoms with E-state index in [1.807, 2.05) is 17.5 Å². The Morgan fingerprint density at radius 2 is 2.03 bits per heavy atom. The number of aromatic nitrogens is 1. The second-order valence-electron chi connectivity index (χ2n) is 7.48. The van der Waals surface area contributed by atoms with Gasteiger partial charge in [-0.25, -0.2) is 4.98 Å². The van der Waals surface area contributed by atoms with Gasteiger partial charge in [0.05, 0.1) is 23.6 Å². The van der Waals surface area contributed by atoms with Gasteiger partial charge in [0.2, 0.25) is 0 Å². The van der Waals surface area contributed by atoms with Gasteiger partial charge in [-0.15, -0.1) is 11.3 Å². The summed E-state index contributed by atoms with van der Waals surface area (Å²) in [6, 6.07) is 6.66. The van der Waals surface area contributed by atoms with Gasteiger partial charge in [-0.1, -0.05) is 23.7 Å². The third kappa shape index (κ3) is 2.99. The van der Waals surface area contributed by atoms with Crippen LogP contribution in [0.15, 0.2) is 47.2 Å². The van der Waals surface area contributed by atoms with Crippen LogP contribution in [0.3, 0.4) is 0 Å². The Labute approximate surface area is 177 Å². The quantitative estimate of drug-likeness (QED) is 0.738. The smallest absolute Gasteiger partial charge is 0.296 e. The molecule has 150 valence electrons. The Morgan fingerprint density at radius 3 is 2.72 bits per heavy atom. The van der Waals surface area contributed by atoms with E-state index in [9.17, 15) is 9.59 Å². The van der Waals surface area contributed by atoms with E-state index in [1.165, 1.54) is 11.3 Å². The zero-order valence-corrected chi connectivity index (χ0v) is 17.3. The van der Waals surface area contributed by atoms with Gasteiger partial charge in [0.25, 0.3) is 5.91 Å². The molecule has 0 bridgehead atoms. The van der Waals surface area contributed by atoms with Crippen molar-refractivity contribution < 1.29 is 19.1 Å². The van der Waals surface area contributed by atoms with Gasteiger partial charge in [0.15, 0.2) is 16.7 Å². The summed E-state index contributed by atoms with van der Waals surface area (Å²) in [4.78, 5) is 32.8. The minimum absolute atomic E-state index is 0.00170. The van der Waals surface area contributed by atoms with Gasteiger partial charge in [-0.05, 0) is 30.5 Å². The number of fused-ring (bicyclic) bond motifs is 1. The lowest BCUT2D eigenvalue weighted by Gasteiger charge is -2.38. The lowest BCUT2D eigenvalue weighted by molar-refractivity contribution is -0.135. The minimum Gasteiger partial charge on any atom is -0.483 e. The zero-order valence-electron chi connectivity index (χ0n) is 15.7. The average Bonchev–Trinajstić information content (AvgIpc) is 3.35. The van der Waals surface area contributed by atoms with Crippen LogP contribution < -0.4 is 4.90 Å². The van der Waals surface area contributed by atoms with E-state index in [0.717, 1.165) is 12.0 Å². The number of methoxy groups -OCH3 is 1. The van der Waals surface area contributed by atoms with E-state index in [-0.39, 0.29) is 35.6 Å². The van der Waals surface area contributed by atoms with Crippen LogP contribution in [0.5, 0.6) is 0 Å². The van der Waals surface area contributed by atoms with E-state index in [0.29, 0.717) is 28.6 Å². The number of hydrogen-bond acceptors (Lipinski definition) is 6. The topological polar surface area (TPSA) is 68.7 Å². The summed E-state index contributed by atoms with van der Waals surface area (Å²) < 4.78 is 11.6. The number of carbonyl (C=O) groups excluding carboxylic acids is 2. The van der Waals surface area contributed by atoms with Crippen molar-refractivity contribution in [2.75, 3.05) is 12.0 Å². The molecular formula is C21H19ClN2O4S. The maximum absolute atomic E-state index is 13.5. The molecule has 1 amide bonds. The van der Waals surface area contributed by atoms with E-state index in [1.54, 1.807) is 30.3 Å². The maximum atomic E-state index is 13.5. The number of benzene rings is 1. The minimum atomic E-state index is -0.561. The molecule has 1 saturated carbocycles. The summed E-state index contributed by atoms with van der Waals surface area (Å²) in [6.45, 7) is 0. The Hall–Kier alpha value is -2.22. The Morgan fingerprint density at radius 1 is 1.24 bits per heavy atom. The first-order valence-electron chi connectivity index (χ1n) is 9.55. The van der Waals surface area contributed by atoms with Gasteiger partial charge >= 0.3 is 0 Å². The molecule has 3 aliphatic rings. The molecule has 1 aliphatic carbocycles. The standard InChI is InChI=1S/C21H19ClN2O4S/c1-27-13-6-7-14-15(10-13)28-19-16(18(14)25)17(11-2-4-12(22)5-3-11)24(20(19)26)21-23-8-9-29-21/h2-5,8-9,13-15,17H,6-7,10H2,1H3. The number of ether oxygens (including phenoxy) is 2. The van der Waals surface area contributed by atoms with E-state index in [4.69, 9.17) is 21.1 Å². The summed E-state index contributed by atoms with van der Waals surface area (Å²) in [5.41, 5.74) is 1.24. The number of rotatable bonds is 3. The highest BCUT2D eigenvalue weighted by molar-refractivity contribution is 7.13. The molecule has 1 aromatic carbocycles. The van der Waals surface area contributed by atoms with Gasteiger partial charge in [-0.3, -0.25) is 14.5 Å². The molecule has 4 atom stereocenters. The fourth-order valence-corrected chi connectivity index (χ4v) is 5.33. The van der Waals surface area contributed by atoms with Crippen molar-refractivity contribution in [1.82, 2.24) is 4.98 Å². The molecule has 0 N–H and O–H groups in total. The van der Waals surface area contributed by atoms with Crippen molar-refractivity contribution in [2.45, 2.75) is 37.5 Å². The summed E-state index contributed by atoms with van der Waals surface area (Å²) in [6.07, 6.45) is 3.48. The zero-order chi connectivity index (χ0) is 20.1. The highest BCUT2D eigenvalue weighted by Crippen LogP contribution is 2.48. The number of halogens is 1. The fraction of sp³-hybridized carbons (Fsp3) is 0.381. The van der Waals surface area contributed by atoms with Crippen LogP contribution in [0.1, 0.15) is 30.9 Å². The third-order valence-corrected chi connectivity index (χ3v) is 6.97. The molecule has 1 fully saturated rings. The lowest BCUT2D eigenvalue weighted by atomic mass is 9.76. The largest absolute Gasteiger partial charge is 0.483 e. The van der Waals surface area contributed by atoms with E-state index >= 15 is 0 Å². The monoisotopic (exact) mass is 430 g/mol. The van der Waals surface area contributed by atoms with Crippen molar-refractivity contribution >= 4 is 39.8 Å². The summed E-state index contributed by atoms with van der Waals surface area (Å²) >= 11 is 7.42. The molecule has 5 rings (SSSR count). The van der Waals surface area contributed by atoms with Crippen molar-refractivity contribution in [1.29, 1.82) is 0 Å². The highest BCUT2D eigenvalue weighted by atomic mass is 35.5. The van der Waals surface area contributed by atoms with Crippen LogP contribution in [-0.2, 0) is 19.1 Å². The molecule has 0 spiro atoms. The Kier molecular flexibility index (Phi) is 4.69. The van der Waals surface area contributed by atoms with Crippen LogP contribution >= 0.6 is 22.9 Å². The Bertz CT molecular complexity index is 989. The average molecular weight is 431 g/mol. The first-order valence-corrected chi connectivity index (χ1v) is 10.8. The second-order valence-corrected chi connectivity index (χ2v) is 8.79.